The molecule has 3 aromatic rings. The van der Waals surface area contributed by atoms with E-state index in [1.165, 1.54) is 4.90 Å². The lowest BCUT2D eigenvalue weighted by Gasteiger charge is -2.35. The summed E-state index contributed by atoms with van der Waals surface area (Å²) in [5.74, 6) is -1.35. The van der Waals surface area contributed by atoms with Gasteiger partial charge in [-0.15, -0.1) is 0 Å². The van der Waals surface area contributed by atoms with Crippen molar-refractivity contribution < 1.29 is 19.1 Å². The van der Waals surface area contributed by atoms with Crippen LogP contribution in [0, 0.1) is 0 Å². The topological polar surface area (TPSA) is 89.7 Å². The standard InChI is InChI=1S/C25H21ClN2O4/c26-21-8-4-3-7-20(21)24(30)28-14-19-6-2-1-5-18(19)13-22(28)25(31)32-15-16-9-11-17(12-10-16)23(27)29/h1-12,22H,13-15H2,(H2,27,29)/t22-/m0/s1. The van der Waals surface area contributed by atoms with E-state index in [0.717, 1.165) is 11.1 Å². The van der Waals surface area contributed by atoms with Crippen LogP contribution in [0.25, 0.3) is 0 Å². The first-order valence-corrected chi connectivity index (χ1v) is 10.5. The first-order valence-electron chi connectivity index (χ1n) is 10.1. The van der Waals surface area contributed by atoms with Gasteiger partial charge in [-0.2, -0.15) is 0 Å². The molecule has 6 nitrogen and oxygen atoms in total. The maximum atomic E-state index is 13.3. The SMILES string of the molecule is NC(=O)c1ccc(COC(=O)[C@@H]2Cc3ccccc3CN2C(=O)c2ccccc2Cl)cc1. The fraction of sp³-hybridized carbons (Fsp3) is 0.160. The summed E-state index contributed by atoms with van der Waals surface area (Å²) in [5.41, 5.74) is 8.67. The molecule has 0 spiro atoms. The molecule has 1 aliphatic heterocycles. The number of ether oxygens (including phenoxy) is 1. The number of esters is 1. The van der Waals surface area contributed by atoms with Crippen molar-refractivity contribution in [1.29, 1.82) is 0 Å². The Kier molecular flexibility index (Phi) is 6.23. The predicted molar refractivity (Wildman–Crippen MR) is 120 cm³/mol. The highest BCUT2D eigenvalue weighted by Gasteiger charge is 2.36. The fourth-order valence-corrected chi connectivity index (χ4v) is 3.97. The average Bonchev–Trinajstić information content (AvgIpc) is 2.81. The van der Waals surface area contributed by atoms with Crippen molar-refractivity contribution in [2.24, 2.45) is 5.73 Å². The zero-order valence-electron chi connectivity index (χ0n) is 17.2. The molecule has 0 unspecified atom stereocenters. The molecule has 7 heteroatoms. The predicted octanol–water partition coefficient (Wildman–Crippen LogP) is 3.75. The van der Waals surface area contributed by atoms with Gasteiger partial charge in [0.25, 0.3) is 5.91 Å². The van der Waals surface area contributed by atoms with Crippen LogP contribution < -0.4 is 5.73 Å². The molecule has 2 N–H and O–H groups in total. The molecule has 4 rings (SSSR count). The number of hydrogen-bond donors (Lipinski definition) is 1. The molecule has 0 bridgehead atoms. The smallest absolute Gasteiger partial charge is 0.329 e. The van der Waals surface area contributed by atoms with Crippen molar-refractivity contribution in [3.05, 3.63) is 106 Å². The van der Waals surface area contributed by atoms with Crippen LogP contribution in [0.3, 0.4) is 0 Å². The Bertz CT molecular complexity index is 1180. The minimum Gasteiger partial charge on any atom is -0.459 e. The number of carbonyl (C=O) groups excluding carboxylic acids is 3. The van der Waals surface area contributed by atoms with Crippen molar-refractivity contribution >= 4 is 29.4 Å². The van der Waals surface area contributed by atoms with Crippen LogP contribution in [0.1, 0.15) is 37.4 Å². The van der Waals surface area contributed by atoms with Gasteiger partial charge in [-0.3, -0.25) is 9.59 Å². The largest absolute Gasteiger partial charge is 0.459 e. The van der Waals surface area contributed by atoms with Gasteiger partial charge in [-0.05, 0) is 41.0 Å². The second-order valence-electron chi connectivity index (χ2n) is 7.57. The van der Waals surface area contributed by atoms with Crippen molar-refractivity contribution in [3.63, 3.8) is 0 Å². The molecule has 0 saturated carbocycles. The van der Waals surface area contributed by atoms with Gasteiger partial charge in [-0.25, -0.2) is 4.79 Å². The number of halogens is 1. The quantitative estimate of drug-likeness (QED) is 0.602. The van der Waals surface area contributed by atoms with Gasteiger partial charge in [0.1, 0.15) is 12.6 Å². The molecular weight excluding hydrogens is 428 g/mol. The van der Waals surface area contributed by atoms with Crippen LogP contribution in [0.15, 0.2) is 72.8 Å². The van der Waals surface area contributed by atoms with Crippen LogP contribution in [0.2, 0.25) is 5.02 Å². The molecule has 0 radical (unpaired) electrons. The average molecular weight is 449 g/mol. The Hall–Kier alpha value is -3.64. The zero-order chi connectivity index (χ0) is 22.7. The van der Waals surface area contributed by atoms with Gasteiger partial charge in [0, 0.05) is 18.5 Å². The summed E-state index contributed by atoms with van der Waals surface area (Å²) in [6.45, 7) is 0.303. The minimum absolute atomic E-state index is 0.0180. The van der Waals surface area contributed by atoms with Crippen LogP contribution in [0.4, 0.5) is 0 Å². The third-order valence-corrected chi connectivity index (χ3v) is 5.83. The van der Waals surface area contributed by atoms with Gasteiger partial charge in [-0.1, -0.05) is 60.1 Å². The molecular formula is C25H21ClN2O4. The second-order valence-corrected chi connectivity index (χ2v) is 7.98. The number of nitrogens with two attached hydrogens (primary N) is 1. The third kappa shape index (κ3) is 4.50. The number of rotatable bonds is 5. The van der Waals surface area contributed by atoms with Crippen LogP contribution >= 0.6 is 11.6 Å². The lowest BCUT2D eigenvalue weighted by atomic mass is 9.93. The summed E-state index contributed by atoms with van der Waals surface area (Å²) in [7, 11) is 0. The van der Waals surface area contributed by atoms with E-state index in [2.05, 4.69) is 0 Å². The number of primary amides is 1. The lowest BCUT2D eigenvalue weighted by molar-refractivity contribution is -0.151. The summed E-state index contributed by atoms with van der Waals surface area (Å²) in [6.07, 6.45) is 0.353. The Morgan fingerprint density at radius 1 is 0.938 bits per heavy atom. The van der Waals surface area contributed by atoms with E-state index < -0.39 is 17.9 Å². The first kappa shape index (κ1) is 21.6. The highest BCUT2D eigenvalue weighted by Crippen LogP contribution is 2.28. The second kappa shape index (κ2) is 9.24. The van der Waals surface area contributed by atoms with Crippen LogP contribution in [-0.2, 0) is 29.1 Å². The summed E-state index contributed by atoms with van der Waals surface area (Å²) < 4.78 is 5.55. The van der Waals surface area contributed by atoms with Gasteiger partial charge in [0.2, 0.25) is 5.91 Å². The van der Waals surface area contributed by atoms with E-state index in [4.69, 9.17) is 22.1 Å². The summed E-state index contributed by atoms with van der Waals surface area (Å²) in [5, 5.41) is 0.331. The van der Waals surface area contributed by atoms with Gasteiger partial charge >= 0.3 is 5.97 Å². The minimum atomic E-state index is -0.779. The Morgan fingerprint density at radius 2 is 1.59 bits per heavy atom. The third-order valence-electron chi connectivity index (χ3n) is 5.51. The monoisotopic (exact) mass is 448 g/mol. The molecule has 1 aliphatic rings. The Morgan fingerprint density at radius 3 is 2.28 bits per heavy atom. The fourth-order valence-electron chi connectivity index (χ4n) is 3.75. The molecule has 1 heterocycles. The molecule has 162 valence electrons. The van der Waals surface area contributed by atoms with Gasteiger partial charge in [0.15, 0.2) is 0 Å². The molecule has 2 amide bonds. The van der Waals surface area contributed by atoms with E-state index in [0.29, 0.717) is 28.1 Å². The first-order chi connectivity index (χ1) is 15.4. The normalized spacial score (nSPS) is 15.0. The molecule has 0 fully saturated rings. The van der Waals surface area contributed by atoms with E-state index in [-0.39, 0.29) is 19.1 Å². The van der Waals surface area contributed by atoms with Gasteiger partial charge in [0.05, 0.1) is 10.6 Å². The van der Waals surface area contributed by atoms with Crippen molar-refractivity contribution in [2.75, 3.05) is 0 Å². The van der Waals surface area contributed by atoms with E-state index in [9.17, 15) is 14.4 Å². The van der Waals surface area contributed by atoms with Crippen LogP contribution in [0.5, 0.6) is 0 Å². The van der Waals surface area contributed by atoms with Crippen molar-refractivity contribution in [1.82, 2.24) is 4.90 Å². The molecule has 3 aromatic carbocycles. The molecule has 32 heavy (non-hydrogen) atoms. The Labute approximate surface area is 190 Å². The number of carbonyl (C=O) groups is 3. The van der Waals surface area contributed by atoms with Crippen molar-refractivity contribution in [2.45, 2.75) is 25.6 Å². The number of fused-ring (bicyclic) bond motifs is 1. The number of nitrogens with zero attached hydrogens (tertiary/aromatic N) is 1. The summed E-state index contributed by atoms with van der Waals surface area (Å²) in [4.78, 5) is 39.1. The number of hydrogen-bond acceptors (Lipinski definition) is 4. The Balaban J connectivity index is 1.56. The number of amides is 2. The van der Waals surface area contributed by atoms with Gasteiger partial charge < -0.3 is 15.4 Å². The van der Waals surface area contributed by atoms with E-state index in [1.807, 2.05) is 24.3 Å². The highest BCUT2D eigenvalue weighted by atomic mass is 35.5. The molecule has 0 aromatic heterocycles. The van der Waals surface area contributed by atoms with E-state index in [1.54, 1.807) is 48.5 Å². The zero-order valence-corrected chi connectivity index (χ0v) is 17.9. The summed E-state index contributed by atoms with van der Waals surface area (Å²) in [6, 6.07) is 20.2. The lowest BCUT2D eigenvalue weighted by Crippen LogP contribution is -2.49. The highest BCUT2D eigenvalue weighted by molar-refractivity contribution is 6.33. The maximum Gasteiger partial charge on any atom is 0.329 e. The maximum absolute atomic E-state index is 13.3. The molecule has 1 atom stereocenters. The van der Waals surface area contributed by atoms with Crippen LogP contribution in [-0.4, -0.2) is 28.7 Å². The number of benzene rings is 3. The van der Waals surface area contributed by atoms with Crippen molar-refractivity contribution in [3.8, 4) is 0 Å². The molecule has 0 saturated heterocycles. The van der Waals surface area contributed by atoms with E-state index >= 15 is 0 Å². The molecule has 0 aliphatic carbocycles. The summed E-state index contributed by atoms with van der Waals surface area (Å²) >= 11 is 6.25.